The minimum atomic E-state index is -0.583. The van der Waals surface area contributed by atoms with Gasteiger partial charge in [-0.2, -0.15) is 0 Å². The van der Waals surface area contributed by atoms with E-state index < -0.39 is 11.9 Å². The third kappa shape index (κ3) is 3.50. The highest BCUT2D eigenvalue weighted by molar-refractivity contribution is 5.98. The van der Waals surface area contributed by atoms with E-state index in [9.17, 15) is 9.59 Å². The lowest BCUT2D eigenvalue weighted by Crippen LogP contribution is -2.15. The molecule has 4 rings (SSSR count). The Morgan fingerprint density at radius 3 is 2.53 bits per heavy atom. The maximum atomic E-state index is 12.6. The first-order valence-electron chi connectivity index (χ1n) is 9.66. The quantitative estimate of drug-likeness (QED) is 0.468. The Bertz CT molecular complexity index is 1280. The molecule has 0 atom stereocenters. The number of carbonyl (C=O) groups excluding carboxylic acids is 2. The van der Waals surface area contributed by atoms with E-state index in [2.05, 4.69) is 9.97 Å². The Kier molecular flexibility index (Phi) is 5.18. The normalized spacial score (nSPS) is 11.0. The summed E-state index contributed by atoms with van der Waals surface area (Å²) in [6.45, 7) is 5.59. The predicted octanol–water partition coefficient (Wildman–Crippen LogP) is 4.03. The van der Waals surface area contributed by atoms with E-state index in [-0.39, 0.29) is 18.9 Å². The third-order valence-corrected chi connectivity index (χ3v) is 4.95. The summed E-state index contributed by atoms with van der Waals surface area (Å²) in [5, 5.41) is 0.853. The summed E-state index contributed by atoms with van der Waals surface area (Å²) >= 11 is 0. The third-order valence-electron chi connectivity index (χ3n) is 4.95. The van der Waals surface area contributed by atoms with Gasteiger partial charge >= 0.3 is 11.9 Å². The van der Waals surface area contributed by atoms with Gasteiger partial charge in [-0.05, 0) is 44.5 Å². The van der Waals surface area contributed by atoms with E-state index in [1.807, 2.05) is 60.7 Å². The number of pyridine rings is 2. The first-order valence-corrected chi connectivity index (χ1v) is 9.66. The zero-order chi connectivity index (χ0) is 21.3. The lowest BCUT2D eigenvalue weighted by Gasteiger charge is -2.13. The maximum absolute atomic E-state index is 12.6. The average molecular weight is 403 g/mol. The monoisotopic (exact) mass is 403 g/mol. The second kappa shape index (κ2) is 7.94. The molecule has 7 nitrogen and oxygen atoms in total. The first kappa shape index (κ1) is 19.6. The van der Waals surface area contributed by atoms with E-state index in [0.29, 0.717) is 16.9 Å². The molecule has 0 aliphatic rings. The molecule has 0 radical (unpaired) electrons. The van der Waals surface area contributed by atoms with Crippen molar-refractivity contribution in [3.8, 4) is 0 Å². The Labute approximate surface area is 173 Å². The highest BCUT2D eigenvalue weighted by Crippen LogP contribution is 2.24. The summed E-state index contributed by atoms with van der Waals surface area (Å²) in [6.07, 6.45) is 1.64. The highest BCUT2D eigenvalue weighted by atomic mass is 16.5. The molecule has 0 bridgehead atoms. The summed E-state index contributed by atoms with van der Waals surface area (Å²) in [5.41, 5.74) is 3.96. The molecule has 1 aromatic carbocycles. The van der Waals surface area contributed by atoms with Crippen LogP contribution in [0, 0.1) is 13.8 Å². The number of hydrogen-bond acceptors (Lipinski definition) is 6. The Morgan fingerprint density at radius 1 is 0.967 bits per heavy atom. The SMILES string of the molecule is CCOC(=O)c1c(COC(=O)c2cn3c(C)cccc3n2)nc2ccccc2c1C. The van der Waals surface area contributed by atoms with Crippen LogP contribution in [0.1, 0.15) is 44.7 Å². The molecule has 0 spiro atoms. The van der Waals surface area contributed by atoms with Gasteiger partial charge in [-0.15, -0.1) is 0 Å². The summed E-state index contributed by atoms with van der Waals surface area (Å²) in [7, 11) is 0. The van der Waals surface area contributed by atoms with E-state index in [1.165, 1.54) is 0 Å². The van der Waals surface area contributed by atoms with Gasteiger partial charge in [-0.25, -0.2) is 19.6 Å². The summed E-state index contributed by atoms with van der Waals surface area (Å²) in [6, 6.07) is 13.1. The molecular formula is C23H21N3O4. The molecule has 0 fully saturated rings. The number of aryl methyl sites for hydroxylation is 2. The van der Waals surface area contributed by atoms with Crippen molar-refractivity contribution in [2.24, 2.45) is 0 Å². The molecule has 0 aliphatic carbocycles. The van der Waals surface area contributed by atoms with Crippen LogP contribution in [0.4, 0.5) is 0 Å². The number of para-hydroxylation sites is 1. The van der Waals surface area contributed by atoms with Crippen LogP contribution in [-0.4, -0.2) is 32.9 Å². The number of aromatic nitrogens is 3. The number of fused-ring (bicyclic) bond motifs is 2. The van der Waals surface area contributed by atoms with Crippen molar-refractivity contribution in [1.82, 2.24) is 14.4 Å². The minimum absolute atomic E-state index is 0.161. The molecule has 0 aliphatic heterocycles. The number of imidazole rings is 1. The number of rotatable bonds is 5. The van der Waals surface area contributed by atoms with Crippen molar-refractivity contribution in [2.75, 3.05) is 6.61 Å². The van der Waals surface area contributed by atoms with Crippen LogP contribution in [0.5, 0.6) is 0 Å². The summed E-state index contributed by atoms with van der Waals surface area (Å²) in [5.74, 6) is -1.07. The molecular weight excluding hydrogens is 382 g/mol. The smallest absolute Gasteiger partial charge is 0.358 e. The van der Waals surface area contributed by atoms with Crippen molar-refractivity contribution in [2.45, 2.75) is 27.4 Å². The highest BCUT2D eigenvalue weighted by Gasteiger charge is 2.22. The second-order valence-electron chi connectivity index (χ2n) is 6.89. The topological polar surface area (TPSA) is 82.8 Å². The standard InChI is InChI=1S/C23H21N3O4/c1-4-29-23(28)21-15(3)16-9-5-6-10-17(16)24-19(21)13-30-22(27)18-12-26-14(2)8-7-11-20(26)25-18/h5-12H,4,13H2,1-3H3. The van der Waals surface area contributed by atoms with E-state index in [0.717, 1.165) is 22.2 Å². The van der Waals surface area contributed by atoms with Crippen LogP contribution >= 0.6 is 0 Å². The number of esters is 2. The van der Waals surface area contributed by atoms with Gasteiger partial charge in [0, 0.05) is 17.3 Å². The van der Waals surface area contributed by atoms with E-state index >= 15 is 0 Å². The van der Waals surface area contributed by atoms with Gasteiger partial charge in [-0.3, -0.25) is 0 Å². The molecule has 0 unspecified atom stereocenters. The van der Waals surface area contributed by atoms with Crippen LogP contribution < -0.4 is 0 Å². The Balaban J connectivity index is 1.66. The molecule has 0 amide bonds. The van der Waals surface area contributed by atoms with Gasteiger partial charge in [0.1, 0.15) is 12.3 Å². The number of carbonyl (C=O) groups is 2. The first-order chi connectivity index (χ1) is 14.5. The molecule has 7 heteroatoms. The fourth-order valence-corrected chi connectivity index (χ4v) is 3.47. The van der Waals surface area contributed by atoms with Gasteiger partial charge in [-0.1, -0.05) is 24.3 Å². The largest absolute Gasteiger partial charge is 0.462 e. The van der Waals surface area contributed by atoms with Gasteiger partial charge in [0.2, 0.25) is 0 Å². The molecule has 30 heavy (non-hydrogen) atoms. The zero-order valence-electron chi connectivity index (χ0n) is 17.0. The number of nitrogens with zero attached hydrogens (tertiary/aromatic N) is 3. The van der Waals surface area contributed by atoms with Crippen LogP contribution in [0.15, 0.2) is 48.7 Å². The van der Waals surface area contributed by atoms with Crippen LogP contribution in [0.3, 0.4) is 0 Å². The van der Waals surface area contributed by atoms with E-state index in [4.69, 9.17) is 9.47 Å². The van der Waals surface area contributed by atoms with Crippen LogP contribution in [0.25, 0.3) is 16.6 Å². The molecule has 0 N–H and O–H groups in total. The lowest BCUT2D eigenvalue weighted by atomic mass is 10.0. The second-order valence-corrected chi connectivity index (χ2v) is 6.89. The zero-order valence-corrected chi connectivity index (χ0v) is 17.0. The fourth-order valence-electron chi connectivity index (χ4n) is 3.47. The van der Waals surface area contributed by atoms with Crippen molar-refractivity contribution in [3.05, 3.63) is 76.9 Å². The average Bonchev–Trinajstić information content (AvgIpc) is 3.18. The fraction of sp³-hybridized carbons (Fsp3) is 0.217. The van der Waals surface area contributed by atoms with Gasteiger partial charge < -0.3 is 13.9 Å². The molecule has 3 heterocycles. The number of hydrogen-bond donors (Lipinski definition) is 0. The predicted molar refractivity (Wildman–Crippen MR) is 111 cm³/mol. The molecule has 4 aromatic rings. The molecule has 0 saturated carbocycles. The maximum Gasteiger partial charge on any atom is 0.358 e. The number of benzene rings is 1. The van der Waals surface area contributed by atoms with Crippen molar-refractivity contribution in [1.29, 1.82) is 0 Å². The van der Waals surface area contributed by atoms with Gasteiger partial charge in [0.05, 0.1) is 23.4 Å². The number of ether oxygens (including phenoxy) is 2. The van der Waals surface area contributed by atoms with Crippen LogP contribution in [-0.2, 0) is 16.1 Å². The lowest BCUT2D eigenvalue weighted by molar-refractivity contribution is 0.0439. The Morgan fingerprint density at radius 2 is 1.77 bits per heavy atom. The van der Waals surface area contributed by atoms with E-state index in [1.54, 1.807) is 13.1 Å². The Hall–Kier alpha value is -3.74. The van der Waals surface area contributed by atoms with Crippen LogP contribution in [0.2, 0.25) is 0 Å². The summed E-state index contributed by atoms with van der Waals surface area (Å²) < 4.78 is 12.5. The van der Waals surface area contributed by atoms with Crippen molar-refractivity contribution >= 4 is 28.5 Å². The van der Waals surface area contributed by atoms with Crippen molar-refractivity contribution in [3.63, 3.8) is 0 Å². The van der Waals surface area contributed by atoms with Gasteiger partial charge in [0.25, 0.3) is 0 Å². The summed E-state index contributed by atoms with van der Waals surface area (Å²) in [4.78, 5) is 34.1. The molecule has 3 aromatic heterocycles. The molecule has 0 saturated heterocycles. The minimum Gasteiger partial charge on any atom is -0.462 e. The molecule has 152 valence electrons. The van der Waals surface area contributed by atoms with Crippen molar-refractivity contribution < 1.29 is 19.1 Å². The van der Waals surface area contributed by atoms with Gasteiger partial charge in [0.15, 0.2) is 5.69 Å².